The van der Waals surface area contributed by atoms with E-state index in [0.717, 1.165) is 24.2 Å². The van der Waals surface area contributed by atoms with Crippen molar-refractivity contribution < 1.29 is 0 Å². The lowest BCUT2D eigenvalue weighted by Gasteiger charge is -2.09. The van der Waals surface area contributed by atoms with Gasteiger partial charge in [-0.15, -0.1) is 11.3 Å². The lowest BCUT2D eigenvalue weighted by atomic mass is 10.1. The first kappa shape index (κ1) is 12.2. The Morgan fingerprint density at radius 3 is 2.95 bits per heavy atom. The maximum atomic E-state index is 4.38. The molecule has 96 valence electrons. The first-order chi connectivity index (χ1) is 9.38. The van der Waals surface area contributed by atoms with Gasteiger partial charge in [0.25, 0.3) is 0 Å². The number of para-hydroxylation sites is 1. The summed E-state index contributed by atoms with van der Waals surface area (Å²) in [5.41, 5.74) is 3.63. The molecule has 0 radical (unpaired) electrons. The third-order valence-corrected chi connectivity index (χ3v) is 4.27. The van der Waals surface area contributed by atoms with Crippen molar-refractivity contribution in [1.82, 2.24) is 4.98 Å². The quantitative estimate of drug-likeness (QED) is 0.755. The van der Waals surface area contributed by atoms with E-state index in [1.165, 1.54) is 15.8 Å². The lowest BCUT2D eigenvalue weighted by molar-refractivity contribution is 1.08. The molecule has 0 bridgehead atoms. The number of fused-ring (bicyclic) bond motifs is 1. The molecule has 2 aromatic heterocycles. The van der Waals surface area contributed by atoms with Gasteiger partial charge < -0.3 is 5.32 Å². The third-order valence-electron chi connectivity index (χ3n) is 3.31. The number of nitrogens with zero attached hydrogens (tertiary/aromatic N) is 1. The van der Waals surface area contributed by atoms with E-state index in [2.05, 4.69) is 40.8 Å². The monoisotopic (exact) mass is 268 g/mol. The Labute approximate surface area is 117 Å². The van der Waals surface area contributed by atoms with Crippen molar-refractivity contribution in [1.29, 1.82) is 0 Å². The van der Waals surface area contributed by atoms with E-state index in [9.17, 15) is 0 Å². The summed E-state index contributed by atoms with van der Waals surface area (Å²) >= 11 is 1.82. The SMILES string of the molecule is CCc1ccsc1CNc1ccnc2ccccc12. The van der Waals surface area contributed by atoms with Crippen LogP contribution in [-0.2, 0) is 13.0 Å². The molecule has 2 heterocycles. The second-order valence-corrected chi connectivity index (χ2v) is 5.45. The first-order valence-corrected chi connectivity index (χ1v) is 7.39. The van der Waals surface area contributed by atoms with Crippen LogP contribution in [0.5, 0.6) is 0 Å². The van der Waals surface area contributed by atoms with Gasteiger partial charge in [0.05, 0.1) is 5.52 Å². The first-order valence-electron chi connectivity index (χ1n) is 6.51. The second kappa shape index (κ2) is 5.41. The molecule has 19 heavy (non-hydrogen) atoms. The normalized spacial score (nSPS) is 10.8. The molecule has 3 aromatic rings. The minimum Gasteiger partial charge on any atom is -0.380 e. The Balaban J connectivity index is 1.86. The van der Waals surface area contributed by atoms with Crippen molar-refractivity contribution in [3.8, 4) is 0 Å². The summed E-state index contributed by atoms with van der Waals surface area (Å²) in [6, 6.07) is 12.5. The molecule has 0 aliphatic heterocycles. The van der Waals surface area contributed by atoms with Crippen LogP contribution in [0, 0.1) is 0 Å². The summed E-state index contributed by atoms with van der Waals surface area (Å²) < 4.78 is 0. The van der Waals surface area contributed by atoms with Gasteiger partial charge in [-0.05, 0) is 35.6 Å². The van der Waals surface area contributed by atoms with Crippen LogP contribution in [0.25, 0.3) is 10.9 Å². The van der Waals surface area contributed by atoms with Gasteiger partial charge in [-0.3, -0.25) is 4.98 Å². The van der Waals surface area contributed by atoms with E-state index in [4.69, 9.17) is 0 Å². The maximum Gasteiger partial charge on any atom is 0.0722 e. The highest BCUT2D eigenvalue weighted by Crippen LogP contribution is 2.23. The summed E-state index contributed by atoms with van der Waals surface area (Å²) in [6.07, 6.45) is 2.96. The summed E-state index contributed by atoms with van der Waals surface area (Å²) in [7, 11) is 0. The van der Waals surface area contributed by atoms with Crippen LogP contribution in [0.1, 0.15) is 17.4 Å². The second-order valence-electron chi connectivity index (χ2n) is 4.45. The van der Waals surface area contributed by atoms with Gasteiger partial charge in [0.15, 0.2) is 0 Å². The Kier molecular flexibility index (Phi) is 3.47. The number of nitrogens with one attached hydrogen (secondary N) is 1. The molecular formula is C16H16N2S. The molecule has 0 aliphatic carbocycles. The zero-order valence-electron chi connectivity index (χ0n) is 10.9. The standard InChI is InChI=1S/C16H16N2S/c1-2-12-8-10-19-16(12)11-18-15-7-9-17-14-6-4-3-5-13(14)15/h3-10H,2,11H2,1H3,(H,17,18). The fraction of sp³-hybridized carbons (Fsp3) is 0.188. The number of rotatable bonds is 4. The predicted octanol–water partition coefficient (Wildman–Crippen LogP) is 4.47. The molecule has 0 saturated carbocycles. The largest absolute Gasteiger partial charge is 0.380 e. The zero-order chi connectivity index (χ0) is 13.1. The van der Waals surface area contributed by atoms with E-state index in [1.54, 1.807) is 0 Å². The van der Waals surface area contributed by atoms with Crippen molar-refractivity contribution in [3.05, 3.63) is 58.4 Å². The number of pyridine rings is 1. The molecule has 0 aliphatic rings. The van der Waals surface area contributed by atoms with Crippen LogP contribution in [-0.4, -0.2) is 4.98 Å². The topological polar surface area (TPSA) is 24.9 Å². The molecule has 0 spiro atoms. The van der Waals surface area contributed by atoms with Crippen molar-refractivity contribution in [2.24, 2.45) is 0 Å². The third kappa shape index (κ3) is 2.47. The van der Waals surface area contributed by atoms with Crippen molar-refractivity contribution in [3.63, 3.8) is 0 Å². The Morgan fingerprint density at radius 2 is 2.05 bits per heavy atom. The summed E-state index contributed by atoms with van der Waals surface area (Å²) in [4.78, 5) is 5.80. The number of anilines is 1. The minimum atomic E-state index is 0.884. The van der Waals surface area contributed by atoms with E-state index in [-0.39, 0.29) is 0 Å². The highest BCUT2D eigenvalue weighted by atomic mass is 32.1. The minimum absolute atomic E-state index is 0.884. The Morgan fingerprint density at radius 1 is 1.16 bits per heavy atom. The fourth-order valence-electron chi connectivity index (χ4n) is 2.26. The van der Waals surface area contributed by atoms with Crippen molar-refractivity contribution in [2.45, 2.75) is 19.9 Å². The van der Waals surface area contributed by atoms with Gasteiger partial charge in [0.1, 0.15) is 0 Å². The molecule has 1 N–H and O–H groups in total. The number of hydrogen-bond acceptors (Lipinski definition) is 3. The van der Waals surface area contributed by atoms with E-state index in [0.29, 0.717) is 0 Å². The number of aryl methyl sites for hydroxylation is 1. The number of thiophene rings is 1. The Hall–Kier alpha value is -1.87. The van der Waals surface area contributed by atoms with E-state index < -0.39 is 0 Å². The van der Waals surface area contributed by atoms with Crippen LogP contribution in [0.15, 0.2) is 48.0 Å². The highest BCUT2D eigenvalue weighted by Gasteiger charge is 2.04. The van der Waals surface area contributed by atoms with E-state index >= 15 is 0 Å². The summed E-state index contributed by atoms with van der Waals surface area (Å²) in [6.45, 7) is 3.09. The molecule has 0 unspecified atom stereocenters. The van der Waals surface area contributed by atoms with Crippen molar-refractivity contribution in [2.75, 3.05) is 5.32 Å². The van der Waals surface area contributed by atoms with Gasteiger partial charge in [0.2, 0.25) is 0 Å². The predicted molar refractivity (Wildman–Crippen MR) is 82.8 cm³/mol. The van der Waals surface area contributed by atoms with Gasteiger partial charge in [-0.1, -0.05) is 25.1 Å². The number of hydrogen-bond donors (Lipinski definition) is 1. The summed E-state index contributed by atoms with van der Waals surface area (Å²) in [5, 5.41) is 6.88. The number of benzene rings is 1. The molecule has 2 nitrogen and oxygen atoms in total. The fourth-order valence-corrected chi connectivity index (χ4v) is 3.18. The number of aromatic nitrogens is 1. The Bertz CT molecular complexity index is 683. The van der Waals surface area contributed by atoms with Gasteiger partial charge >= 0.3 is 0 Å². The molecule has 0 amide bonds. The van der Waals surface area contributed by atoms with Crippen LogP contribution >= 0.6 is 11.3 Å². The highest BCUT2D eigenvalue weighted by molar-refractivity contribution is 7.10. The van der Waals surface area contributed by atoms with Crippen LogP contribution < -0.4 is 5.32 Å². The van der Waals surface area contributed by atoms with E-state index in [1.807, 2.05) is 35.7 Å². The average Bonchev–Trinajstić information content (AvgIpc) is 2.92. The average molecular weight is 268 g/mol. The smallest absolute Gasteiger partial charge is 0.0722 e. The van der Waals surface area contributed by atoms with Gasteiger partial charge in [0, 0.05) is 28.7 Å². The molecule has 0 fully saturated rings. The van der Waals surface area contributed by atoms with Gasteiger partial charge in [-0.25, -0.2) is 0 Å². The molecule has 1 aromatic carbocycles. The molecule has 3 rings (SSSR count). The van der Waals surface area contributed by atoms with Crippen molar-refractivity contribution >= 4 is 27.9 Å². The molecular weight excluding hydrogens is 252 g/mol. The lowest BCUT2D eigenvalue weighted by Crippen LogP contribution is -2.00. The molecule has 0 atom stereocenters. The molecule has 3 heteroatoms. The van der Waals surface area contributed by atoms with Crippen LogP contribution in [0.2, 0.25) is 0 Å². The summed E-state index contributed by atoms with van der Waals surface area (Å²) in [5.74, 6) is 0. The maximum absolute atomic E-state index is 4.38. The molecule has 0 saturated heterocycles. The van der Waals surface area contributed by atoms with Crippen LogP contribution in [0.4, 0.5) is 5.69 Å². The van der Waals surface area contributed by atoms with Crippen LogP contribution in [0.3, 0.4) is 0 Å². The zero-order valence-corrected chi connectivity index (χ0v) is 11.7. The van der Waals surface area contributed by atoms with Gasteiger partial charge in [-0.2, -0.15) is 0 Å².